The van der Waals surface area contributed by atoms with E-state index < -0.39 is 0 Å². The average molecular weight is 389 g/mol. The van der Waals surface area contributed by atoms with E-state index in [-0.39, 0.29) is 12.1 Å². The molecule has 148 valence electrons. The first-order valence-corrected chi connectivity index (χ1v) is 10.8. The number of amides is 2. The minimum atomic E-state index is -0.0528. The summed E-state index contributed by atoms with van der Waals surface area (Å²) >= 11 is 5.52. The number of hydrogen-bond donors (Lipinski definition) is 1. The third-order valence-corrected chi connectivity index (χ3v) is 6.08. The van der Waals surface area contributed by atoms with Gasteiger partial charge in [-0.1, -0.05) is 49.1 Å². The fourth-order valence-electron chi connectivity index (χ4n) is 4.06. The number of nitrogens with one attached hydrogen (secondary N) is 1. The topological polar surface area (TPSA) is 41.6 Å². The van der Waals surface area contributed by atoms with Crippen molar-refractivity contribution in [1.82, 2.24) is 10.2 Å². The van der Waals surface area contributed by atoms with Crippen LogP contribution in [0.2, 0.25) is 0 Å². The van der Waals surface area contributed by atoms with Gasteiger partial charge in [0.15, 0.2) is 5.05 Å². The van der Waals surface area contributed by atoms with Gasteiger partial charge in [0.2, 0.25) is 0 Å². The number of carbonyl (C=O) groups excluding carboxylic acids is 1. The van der Waals surface area contributed by atoms with E-state index in [0.29, 0.717) is 17.7 Å². The highest BCUT2D eigenvalue weighted by Gasteiger charge is 2.33. The molecule has 1 aliphatic heterocycles. The number of nitrogens with zero attached hydrogens (tertiary/aromatic N) is 1. The molecule has 1 aliphatic carbocycles. The van der Waals surface area contributed by atoms with Gasteiger partial charge in [-0.05, 0) is 63.2 Å². The summed E-state index contributed by atoms with van der Waals surface area (Å²) in [4.78, 5) is 14.6. The molecular formula is C22H32N2O2S. The Morgan fingerprint density at radius 3 is 2.63 bits per heavy atom. The van der Waals surface area contributed by atoms with Crippen LogP contribution in [0.15, 0.2) is 24.3 Å². The lowest BCUT2D eigenvalue weighted by Crippen LogP contribution is -2.49. The summed E-state index contributed by atoms with van der Waals surface area (Å²) in [5, 5.41) is 3.79. The second-order valence-electron chi connectivity index (χ2n) is 7.89. The van der Waals surface area contributed by atoms with Crippen molar-refractivity contribution >= 4 is 23.3 Å². The molecule has 0 unspecified atom stereocenters. The van der Waals surface area contributed by atoms with E-state index in [1.807, 2.05) is 4.90 Å². The lowest BCUT2D eigenvalue weighted by Gasteiger charge is -2.29. The maximum absolute atomic E-state index is 12.7. The smallest absolute Gasteiger partial charge is 0.318 e. The van der Waals surface area contributed by atoms with Gasteiger partial charge >= 0.3 is 6.03 Å². The third-order valence-electron chi connectivity index (χ3n) is 5.69. The van der Waals surface area contributed by atoms with Crippen LogP contribution in [0.5, 0.6) is 0 Å². The van der Waals surface area contributed by atoms with Gasteiger partial charge in [0.1, 0.15) is 6.04 Å². The standard InChI is InChI=1S/C22H32N2O2S/c1-17-11-13-18(14-12-17)7-6-16-26-21(27)20-10-5-15-24(20)22(25)23-19-8-3-2-4-9-19/h11-14,19-20H,2-10,15-16H2,1H3,(H,23,25)/t20-/m0/s1. The van der Waals surface area contributed by atoms with Gasteiger partial charge in [0, 0.05) is 12.6 Å². The van der Waals surface area contributed by atoms with Crippen LogP contribution in [0.4, 0.5) is 4.79 Å². The van der Waals surface area contributed by atoms with Crippen LogP contribution < -0.4 is 5.32 Å². The van der Waals surface area contributed by atoms with E-state index in [4.69, 9.17) is 17.0 Å². The fourth-order valence-corrected chi connectivity index (χ4v) is 4.39. The predicted molar refractivity (Wildman–Crippen MR) is 113 cm³/mol. The number of benzene rings is 1. The number of hydrogen-bond acceptors (Lipinski definition) is 3. The fraction of sp³-hybridized carbons (Fsp3) is 0.636. The van der Waals surface area contributed by atoms with Crippen LogP contribution in [-0.2, 0) is 11.2 Å². The van der Waals surface area contributed by atoms with Crippen molar-refractivity contribution in [1.29, 1.82) is 0 Å². The molecule has 1 saturated heterocycles. The second kappa shape index (κ2) is 10.1. The number of aryl methyl sites for hydroxylation is 2. The van der Waals surface area contributed by atoms with Gasteiger partial charge in [0.25, 0.3) is 0 Å². The molecule has 2 amide bonds. The van der Waals surface area contributed by atoms with Crippen LogP contribution in [0.3, 0.4) is 0 Å². The maximum atomic E-state index is 12.7. The minimum Gasteiger partial charge on any atom is -0.485 e. The normalized spacial score (nSPS) is 20.5. The number of rotatable bonds is 6. The van der Waals surface area contributed by atoms with Crippen molar-refractivity contribution in [3.63, 3.8) is 0 Å². The Morgan fingerprint density at radius 1 is 1.15 bits per heavy atom. The van der Waals surface area contributed by atoms with E-state index in [9.17, 15) is 4.79 Å². The number of likely N-dealkylation sites (tertiary alicyclic amines) is 1. The highest BCUT2D eigenvalue weighted by atomic mass is 32.1. The van der Waals surface area contributed by atoms with Crippen molar-refractivity contribution in [2.24, 2.45) is 0 Å². The van der Waals surface area contributed by atoms with Gasteiger partial charge in [-0.2, -0.15) is 0 Å². The SMILES string of the molecule is Cc1ccc(CCCOC(=S)[C@@H]2CCCN2C(=O)NC2CCCCC2)cc1. The van der Waals surface area contributed by atoms with Gasteiger partial charge in [-0.3, -0.25) is 0 Å². The quantitative estimate of drug-likeness (QED) is 0.563. The Hall–Kier alpha value is -1.62. The Balaban J connectivity index is 1.41. The van der Waals surface area contributed by atoms with Crippen LogP contribution in [0.25, 0.3) is 0 Å². The van der Waals surface area contributed by atoms with Crippen LogP contribution >= 0.6 is 12.2 Å². The lowest BCUT2D eigenvalue weighted by atomic mass is 9.96. The molecule has 1 heterocycles. The molecule has 4 nitrogen and oxygen atoms in total. The van der Waals surface area contributed by atoms with Crippen LogP contribution in [-0.4, -0.2) is 41.2 Å². The monoisotopic (exact) mass is 388 g/mol. The lowest BCUT2D eigenvalue weighted by molar-refractivity contribution is 0.187. The summed E-state index contributed by atoms with van der Waals surface area (Å²) in [6.07, 6.45) is 9.76. The number of urea groups is 1. The van der Waals surface area contributed by atoms with Crippen molar-refractivity contribution in [2.45, 2.75) is 76.8 Å². The van der Waals surface area contributed by atoms with Crippen LogP contribution in [0, 0.1) is 6.92 Å². The molecule has 0 spiro atoms. The summed E-state index contributed by atoms with van der Waals surface area (Å²) in [5.74, 6) is 0. The molecule has 1 N–H and O–H groups in total. The zero-order chi connectivity index (χ0) is 19.1. The van der Waals surface area contributed by atoms with E-state index in [0.717, 1.165) is 45.1 Å². The van der Waals surface area contributed by atoms with Crippen molar-refractivity contribution < 1.29 is 9.53 Å². The summed E-state index contributed by atoms with van der Waals surface area (Å²) in [6.45, 7) is 3.49. The minimum absolute atomic E-state index is 0.0370. The number of thiocarbonyl (C=S) groups is 1. The van der Waals surface area contributed by atoms with E-state index in [1.54, 1.807) is 0 Å². The second-order valence-corrected chi connectivity index (χ2v) is 8.29. The van der Waals surface area contributed by atoms with Gasteiger partial charge in [-0.15, -0.1) is 0 Å². The summed E-state index contributed by atoms with van der Waals surface area (Å²) in [5.41, 5.74) is 2.61. The summed E-state index contributed by atoms with van der Waals surface area (Å²) < 4.78 is 5.85. The molecule has 0 aromatic heterocycles. The Morgan fingerprint density at radius 2 is 1.89 bits per heavy atom. The molecule has 0 radical (unpaired) electrons. The Kier molecular flexibility index (Phi) is 7.50. The first-order valence-electron chi connectivity index (χ1n) is 10.4. The van der Waals surface area contributed by atoms with Gasteiger partial charge < -0.3 is 15.0 Å². The van der Waals surface area contributed by atoms with Crippen molar-refractivity contribution in [2.75, 3.05) is 13.2 Å². The van der Waals surface area contributed by atoms with Gasteiger partial charge in [-0.25, -0.2) is 4.79 Å². The molecule has 2 fully saturated rings. The first-order chi connectivity index (χ1) is 13.1. The van der Waals surface area contributed by atoms with E-state index >= 15 is 0 Å². The maximum Gasteiger partial charge on any atom is 0.318 e. The molecule has 0 bridgehead atoms. The third kappa shape index (κ3) is 5.93. The van der Waals surface area contributed by atoms with Crippen molar-refractivity contribution in [3.05, 3.63) is 35.4 Å². The van der Waals surface area contributed by atoms with E-state index in [2.05, 4.69) is 36.5 Å². The molecule has 5 heteroatoms. The molecule has 1 atom stereocenters. The first kappa shape index (κ1) is 20.1. The van der Waals surface area contributed by atoms with Crippen LogP contribution in [0.1, 0.15) is 62.5 Å². The molecule has 2 aliphatic rings. The highest BCUT2D eigenvalue weighted by molar-refractivity contribution is 7.80. The molecule has 1 saturated carbocycles. The van der Waals surface area contributed by atoms with E-state index in [1.165, 1.54) is 30.4 Å². The molecule has 1 aromatic rings. The zero-order valence-electron chi connectivity index (χ0n) is 16.4. The summed E-state index contributed by atoms with van der Waals surface area (Å²) in [7, 11) is 0. The molecular weight excluding hydrogens is 356 g/mol. The molecule has 1 aromatic carbocycles. The summed E-state index contributed by atoms with van der Waals surface area (Å²) in [6, 6.07) is 8.93. The predicted octanol–water partition coefficient (Wildman–Crippen LogP) is 4.78. The average Bonchev–Trinajstić information content (AvgIpc) is 3.17. The number of ether oxygens (including phenoxy) is 1. The Labute approximate surface area is 168 Å². The highest BCUT2D eigenvalue weighted by Crippen LogP contribution is 2.22. The van der Waals surface area contributed by atoms with Crippen molar-refractivity contribution in [3.8, 4) is 0 Å². The van der Waals surface area contributed by atoms with Gasteiger partial charge in [0.05, 0.1) is 6.61 Å². The number of carbonyl (C=O) groups is 1. The molecule has 3 rings (SSSR count). The Bertz CT molecular complexity index is 626. The molecule has 27 heavy (non-hydrogen) atoms. The zero-order valence-corrected chi connectivity index (χ0v) is 17.2. The largest absolute Gasteiger partial charge is 0.485 e.